The van der Waals surface area contributed by atoms with Crippen LogP contribution in [0, 0.1) is 0 Å². The summed E-state index contributed by atoms with van der Waals surface area (Å²) in [7, 11) is 0. The fraction of sp³-hybridized carbons (Fsp3) is 0.587. The number of nitrogens with zero attached hydrogens (tertiary/aromatic N) is 4. The number of phenols is 1. The number of piperidine rings is 1. The van der Waals surface area contributed by atoms with Gasteiger partial charge in [-0.3, -0.25) is 14.4 Å². The Labute approximate surface area is 382 Å². The number of ether oxygens (including phenoxy) is 3. The number of thiazole rings is 1. The van der Waals surface area contributed by atoms with Crippen LogP contribution in [0.3, 0.4) is 0 Å². The highest BCUT2D eigenvalue weighted by Gasteiger charge is 2.41. The van der Waals surface area contributed by atoms with Gasteiger partial charge in [0.25, 0.3) is 11.8 Å². The molecule has 2 fully saturated rings. The maximum absolute atomic E-state index is 13.3. The normalized spacial score (nSPS) is 16.0. The number of carbonyl (C=O) groups is 4. The number of phenolic OH excluding ortho intramolecular Hbond substituents is 1. The molecule has 2 aromatic carbocycles. The molecule has 1 aromatic heterocycles. The zero-order chi connectivity index (χ0) is 47.0. The number of aromatic hydroxyl groups is 1. The maximum Gasteiger partial charge on any atom is 0.490 e. The Morgan fingerprint density at radius 1 is 1.05 bits per heavy atom. The molecule has 4 heterocycles. The minimum atomic E-state index is -5.08. The molecule has 2 saturated heterocycles. The lowest BCUT2D eigenvalue weighted by Crippen LogP contribution is -2.58. The van der Waals surface area contributed by atoms with Crippen molar-refractivity contribution in [3.05, 3.63) is 69.2 Å². The van der Waals surface area contributed by atoms with Gasteiger partial charge in [-0.2, -0.15) is 13.2 Å². The molecule has 1 spiro atoms. The van der Waals surface area contributed by atoms with Crippen molar-refractivity contribution in [1.82, 2.24) is 25.0 Å². The summed E-state index contributed by atoms with van der Waals surface area (Å²) in [5.41, 5.74) is 4.07. The lowest BCUT2D eigenvalue weighted by atomic mass is 9.89. The second-order valence-corrected chi connectivity index (χ2v) is 17.7. The third-order valence-electron chi connectivity index (χ3n) is 11.6. The van der Waals surface area contributed by atoms with Crippen molar-refractivity contribution in [3.63, 3.8) is 0 Å². The number of fused-ring (bicyclic) bond motifs is 1. The molecule has 19 heteroatoms. The van der Waals surface area contributed by atoms with Crippen LogP contribution in [0.15, 0.2) is 41.8 Å². The first-order chi connectivity index (χ1) is 31.1. The molecule has 65 heavy (non-hydrogen) atoms. The van der Waals surface area contributed by atoms with Crippen LogP contribution in [0.5, 0.6) is 11.5 Å². The van der Waals surface area contributed by atoms with Crippen LogP contribution in [0.4, 0.5) is 18.9 Å². The second-order valence-electron chi connectivity index (χ2n) is 16.8. The van der Waals surface area contributed by atoms with E-state index in [1.165, 1.54) is 11.1 Å². The van der Waals surface area contributed by atoms with E-state index in [1.807, 2.05) is 21.2 Å². The topological polar surface area (TPSA) is 183 Å². The Balaban J connectivity index is 0.00000105. The number of benzene rings is 2. The number of carboxylic acids is 1. The Hall–Kier alpha value is -4.82. The number of nitrogens with one attached hydrogen (secondary N) is 2. The van der Waals surface area contributed by atoms with E-state index in [1.54, 1.807) is 17.4 Å². The summed E-state index contributed by atoms with van der Waals surface area (Å²) in [6.07, 6.45) is 1.50. The Morgan fingerprint density at radius 3 is 2.48 bits per heavy atom. The van der Waals surface area contributed by atoms with E-state index in [-0.39, 0.29) is 35.7 Å². The summed E-state index contributed by atoms with van der Waals surface area (Å²) in [6, 6.07) is 12.1. The first-order valence-electron chi connectivity index (χ1n) is 22.4. The van der Waals surface area contributed by atoms with Crippen molar-refractivity contribution in [2.75, 3.05) is 90.6 Å². The van der Waals surface area contributed by atoms with E-state index in [0.29, 0.717) is 88.4 Å². The van der Waals surface area contributed by atoms with Gasteiger partial charge >= 0.3 is 12.1 Å². The number of morpholine rings is 1. The van der Waals surface area contributed by atoms with E-state index in [4.69, 9.17) is 24.1 Å². The number of anilines is 1. The van der Waals surface area contributed by atoms with Crippen molar-refractivity contribution in [2.45, 2.75) is 89.8 Å². The average molecular weight is 933 g/mol. The molecule has 6 rings (SSSR count). The lowest BCUT2D eigenvalue weighted by molar-refractivity contribution is -0.192. The van der Waals surface area contributed by atoms with Gasteiger partial charge in [0.1, 0.15) is 17.1 Å². The summed E-state index contributed by atoms with van der Waals surface area (Å²) in [6.45, 7) is 14.6. The minimum Gasteiger partial charge on any atom is -0.506 e. The molecule has 3 aliphatic rings. The Bertz CT molecular complexity index is 2040. The molecule has 4 N–H and O–H groups in total. The second kappa shape index (κ2) is 24.6. The number of rotatable bonds is 20. The quantitative estimate of drug-likeness (QED) is 0.0780. The molecular weight excluding hydrogens is 870 g/mol. The number of amides is 3. The van der Waals surface area contributed by atoms with E-state index in [2.05, 4.69) is 65.6 Å². The van der Waals surface area contributed by atoms with E-state index < -0.39 is 12.1 Å². The molecule has 0 radical (unpaired) electrons. The monoisotopic (exact) mass is 932 g/mol. The maximum atomic E-state index is 13.3. The van der Waals surface area contributed by atoms with Crippen LogP contribution in [0.1, 0.15) is 91.0 Å². The van der Waals surface area contributed by atoms with Crippen LogP contribution < -0.4 is 15.4 Å². The van der Waals surface area contributed by atoms with Gasteiger partial charge in [0.2, 0.25) is 5.91 Å². The zero-order valence-corrected chi connectivity index (χ0v) is 38.4. The molecule has 0 saturated carbocycles. The summed E-state index contributed by atoms with van der Waals surface area (Å²) in [4.78, 5) is 58.0. The zero-order valence-electron chi connectivity index (χ0n) is 37.6. The molecule has 3 aromatic rings. The summed E-state index contributed by atoms with van der Waals surface area (Å²) in [5, 5.41) is 26.2. The molecule has 15 nitrogen and oxygen atoms in total. The third-order valence-corrected chi connectivity index (χ3v) is 12.7. The number of halogens is 3. The lowest BCUT2D eigenvalue weighted by Gasteiger charge is -2.47. The SMILES string of the molecule is CCCCN(CCNCCc1ccc(O)c2c1OCC(=O)N2)C(=O)CCOCCc1cccc(CCN2CCC3(CC2)CN(C(=O)c2csc(C(C)C)n2)CCO3)c1.O=C(O)C(F)(F)F. The van der Waals surface area contributed by atoms with Crippen molar-refractivity contribution in [3.8, 4) is 11.5 Å². The van der Waals surface area contributed by atoms with Gasteiger partial charge in [-0.25, -0.2) is 9.78 Å². The number of unbranched alkanes of at least 4 members (excludes halogenated alkanes) is 1. The standard InChI is InChI=1S/C44H62N6O7S.C2HF3O2/c1-4-5-19-49(23-18-45-17-11-35-9-10-37(51)40-41(35)56-29-38(52)47-40)39(53)14-26-55-25-13-34-8-6-7-33(28-34)12-20-48-21-15-44(16-22-48)31-50(24-27-57-44)43(54)36-30-58-42(46-36)32(2)3;3-2(4,5)1(6)7/h6-10,28,30,32,45,51H,4-5,11-27,29,31H2,1-3H3,(H,47,52);(H,6,7). The smallest absolute Gasteiger partial charge is 0.490 e. The first-order valence-corrected chi connectivity index (χ1v) is 23.3. The van der Waals surface area contributed by atoms with Gasteiger partial charge < -0.3 is 49.8 Å². The predicted octanol–water partition coefficient (Wildman–Crippen LogP) is 5.90. The number of likely N-dealkylation sites (tertiary alicyclic amines) is 1. The average Bonchev–Trinajstić information content (AvgIpc) is 3.79. The van der Waals surface area contributed by atoms with Crippen LogP contribution in [-0.4, -0.2) is 151 Å². The van der Waals surface area contributed by atoms with Gasteiger partial charge in [-0.1, -0.05) is 57.5 Å². The number of carbonyl (C=O) groups excluding carboxylic acids is 3. The molecule has 0 bridgehead atoms. The summed E-state index contributed by atoms with van der Waals surface area (Å²) >= 11 is 1.57. The van der Waals surface area contributed by atoms with E-state index in [0.717, 1.165) is 75.3 Å². The van der Waals surface area contributed by atoms with Gasteiger partial charge in [-0.15, -0.1) is 11.3 Å². The van der Waals surface area contributed by atoms with Gasteiger partial charge in [0.05, 0.1) is 43.4 Å². The number of hydrogen-bond donors (Lipinski definition) is 4. The van der Waals surface area contributed by atoms with Gasteiger partial charge in [-0.05, 0) is 67.8 Å². The fourth-order valence-electron chi connectivity index (χ4n) is 7.84. The number of hydrogen-bond acceptors (Lipinski definition) is 12. The molecule has 0 aliphatic carbocycles. The molecule has 358 valence electrons. The highest BCUT2D eigenvalue weighted by Crippen LogP contribution is 2.39. The molecule has 3 aliphatic heterocycles. The number of alkyl halides is 3. The van der Waals surface area contributed by atoms with Crippen molar-refractivity contribution in [2.24, 2.45) is 0 Å². The number of carboxylic acid groups (broad SMARTS) is 1. The molecule has 0 atom stereocenters. The van der Waals surface area contributed by atoms with Crippen LogP contribution in [0.2, 0.25) is 0 Å². The number of aromatic nitrogens is 1. The molecule has 3 amide bonds. The largest absolute Gasteiger partial charge is 0.506 e. The first kappa shape index (κ1) is 51.2. The van der Waals surface area contributed by atoms with E-state index >= 15 is 0 Å². The summed E-state index contributed by atoms with van der Waals surface area (Å²) < 4.78 is 49.6. The van der Waals surface area contributed by atoms with Crippen LogP contribution in [-0.2, 0) is 43.1 Å². The number of aliphatic carboxylic acids is 1. The van der Waals surface area contributed by atoms with Crippen molar-refractivity contribution >= 4 is 40.7 Å². The fourth-order valence-corrected chi connectivity index (χ4v) is 8.65. The highest BCUT2D eigenvalue weighted by molar-refractivity contribution is 7.09. The van der Waals surface area contributed by atoms with Gasteiger partial charge in [0.15, 0.2) is 12.4 Å². The highest BCUT2D eigenvalue weighted by atomic mass is 32.1. The molecular formula is C46H63F3N6O9S. The van der Waals surface area contributed by atoms with Crippen molar-refractivity contribution in [1.29, 1.82) is 0 Å². The van der Waals surface area contributed by atoms with Crippen LogP contribution >= 0.6 is 11.3 Å². The third kappa shape index (κ3) is 15.7. The Morgan fingerprint density at radius 2 is 1.78 bits per heavy atom. The van der Waals surface area contributed by atoms with Crippen LogP contribution in [0.25, 0.3) is 0 Å². The predicted molar refractivity (Wildman–Crippen MR) is 240 cm³/mol. The summed E-state index contributed by atoms with van der Waals surface area (Å²) in [5.74, 6) is -2.08. The van der Waals surface area contributed by atoms with E-state index in [9.17, 15) is 32.7 Å². The molecule has 0 unspecified atom stereocenters. The van der Waals surface area contributed by atoms with Gasteiger partial charge in [0, 0.05) is 57.1 Å². The Kier molecular flexibility index (Phi) is 19.4. The minimum absolute atomic E-state index is 0.00926. The van der Waals surface area contributed by atoms with Crippen molar-refractivity contribution < 1.29 is 56.8 Å².